The van der Waals surface area contributed by atoms with Gasteiger partial charge >= 0.3 is 0 Å². The Hall–Kier alpha value is -1.36. The summed E-state index contributed by atoms with van der Waals surface area (Å²) >= 11 is 0. The van der Waals surface area contributed by atoms with Gasteiger partial charge in [0, 0.05) is 12.5 Å². The molecular formula is C12H21N3O2. The molecule has 5 heteroatoms. The predicted octanol–water partition coefficient (Wildman–Crippen LogP) is 1.29. The molecule has 0 saturated heterocycles. The van der Waals surface area contributed by atoms with Crippen molar-refractivity contribution in [3.8, 4) is 5.75 Å². The van der Waals surface area contributed by atoms with Crippen LogP contribution in [0, 0.1) is 5.92 Å². The summed E-state index contributed by atoms with van der Waals surface area (Å²) < 4.78 is 6.91. The largest absolute Gasteiger partial charge is 0.493 e. The van der Waals surface area contributed by atoms with Gasteiger partial charge in [0.2, 0.25) is 0 Å². The van der Waals surface area contributed by atoms with Crippen LogP contribution in [0.15, 0.2) is 6.20 Å². The minimum Gasteiger partial charge on any atom is -0.493 e. The van der Waals surface area contributed by atoms with Gasteiger partial charge in [-0.1, -0.05) is 13.8 Å². The number of Topliss-reactive ketones (excluding diaryl/α,β-unsaturated/α-hetero) is 1. The van der Waals surface area contributed by atoms with E-state index in [2.05, 4.69) is 10.00 Å². The summed E-state index contributed by atoms with van der Waals surface area (Å²) in [7, 11) is 5.54. The van der Waals surface area contributed by atoms with Crippen LogP contribution in [0.2, 0.25) is 0 Å². The van der Waals surface area contributed by atoms with Crippen molar-refractivity contribution in [3.05, 3.63) is 11.9 Å². The van der Waals surface area contributed by atoms with E-state index in [1.165, 1.54) is 0 Å². The summed E-state index contributed by atoms with van der Waals surface area (Å²) in [6.45, 7) is 5.28. The fourth-order valence-electron chi connectivity index (χ4n) is 1.50. The molecule has 0 bridgehead atoms. The third-order valence-corrected chi connectivity index (χ3v) is 2.54. The highest BCUT2D eigenvalue weighted by atomic mass is 16.5. The lowest BCUT2D eigenvalue weighted by Crippen LogP contribution is -2.22. The Kier molecular flexibility index (Phi) is 4.69. The average molecular weight is 239 g/mol. The first-order valence-corrected chi connectivity index (χ1v) is 5.76. The van der Waals surface area contributed by atoms with Crippen LogP contribution in [0.1, 0.15) is 24.3 Å². The Morgan fingerprint density at radius 2 is 2.18 bits per heavy atom. The van der Waals surface area contributed by atoms with Crippen molar-refractivity contribution in [2.75, 3.05) is 27.7 Å². The first-order chi connectivity index (χ1) is 7.97. The summed E-state index contributed by atoms with van der Waals surface area (Å²) in [6.07, 6.45) is 1.60. The second-order valence-corrected chi connectivity index (χ2v) is 4.61. The molecule has 1 rings (SSSR count). The van der Waals surface area contributed by atoms with Crippen molar-refractivity contribution in [3.63, 3.8) is 0 Å². The zero-order chi connectivity index (χ0) is 13.0. The second kappa shape index (κ2) is 5.82. The van der Waals surface area contributed by atoms with Gasteiger partial charge in [-0.25, -0.2) is 0 Å². The van der Waals surface area contributed by atoms with Crippen LogP contribution in [0.5, 0.6) is 5.75 Å². The molecule has 5 nitrogen and oxygen atoms in total. The fourth-order valence-corrected chi connectivity index (χ4v) is 1.50. The number of likely N-dealkylation sites (N-methyl/N-ethyl adjacent to an activating group) is 1. The van der Waals surface area contributed by atoms with E-state index in [9.17, 15) is 4.79 Å². The highest BCUT2D eigenvalue weighted by Crippen LogP contribution is 2.21. The van der Waals surface area contributed by atoms with Crippen molar-refractivity contribution in [1.82, 2.24) is 14.7 Å². The molecule has 0 aromatic carbocycles. The summed E-state index contributed by atoms with van der Waals surface area (Å²) in [5.74, 6) is 0.569. The number of hydrogen-bond acceptors (Lipinski definition) is 4. The third kappa shape index (κ3) is 3.30. The van der Waals surface area contributed by atoms with Crippen LogP contribution in [-0.4, -0.2) is 48.2 Å². The molecule has 0 aliphatic carbocycles. The SMILES string of the molecule is COc1cnn(CCN(C)C)c1C(=O)C(C)C. The van der Waals surface area contributed by atoms with Gasteiger partial charge in [-0.2, -0.15) is 5.10 Å². The standard InChI is InChI=1S/C12H21N3O2/c1-9(2)12(16)11-10(17-5)8-13-15(11)7-6-14(3)4/h8-9H,6-7H2,1-5H3. The number of ketones is 1. The maximum Gasteiger partial charge on any atom is 0.187 e. The number of carbonyl (C=O) groups is 1. The number of rotatable bonds is 6. The zero-order valence-electron chi connectivity index (χ0n) is 11.2. The average Bonchev–Trinajstić information content (AvgIpc) is 2.67. The highest BCUT2D eigenvalue weighted by Gasteiger charge is 2.21. The fraction of sp³-hybridized carbons (Fsp3) is 0.667. The Morgan fingerprint density at radius 3 is 2.65 bits per heavy atom. The highest BCUT2D eigenvalue weighted by molar-refractivity contribution is 5.98. The maximum atomic E-state index is 12.1. The van der Waals surface area contributed by atoms with Crippen molar-refractivity contribution >= 4 is 5.78 Å². The van der Waals surface area contributed by atoms with Crippen LogP contribution in [0.25, 0.3) is 0 Å². The number of ether oxygens (including phenoxy) is 1. The lowest BCUT2D eigenvalue weighted by Gasteiger charge is -2.13. The molecule has 0 aliphatic rings. The lowest BCUT2D eigenvalue weighted by atomic mass is 10.1. The molecule has 0 unspecified atom stereocenters. The number of hydrogen-bond donors (Lipinski definition) is 0. The third-order valence-electron chi connectivity index (χ3n) is 2.54. The van der Waals surface area contributed by atoms with Gasteiger partial charge in [-0.05, 0) is 14.1 Å². The first kappa shape index (κ1) is 13.7. The normalized spacial score (nSPS) is 11.2. The van der Waals surface area contributed by atoms with Crippen LogP contribution in [0.4, 0.5) is 0 Å². The molecule has 1 heterocycles. The minimum atomic E-state index is -0.0568. The predicted molar refractivity (Wildman–Crippen MR) is 66.5 cm³/mol. The summed E-state index contributed by atoms with van der Waals surface area (Å²) in [5.41, 5.74) is 0.573. The molecule has 0 saturated carbocycles. The van der Waals surface area contributed by atoms with Crippen LogP contribution >= 0.6 is 0 Å². The smallest absolute Gasteiger partial charge is 0.187 e. The number of aromatic nitrogens is 2. The van der Waals surface area contributed by atoms with E-state index < -0.39 is 0 Å². The Labute approximate surface area is 102 Å². The lowest BCUT2D eigenvalue weighted by molar-refractivity contribution is 0.0924. The van der Waals surface area contributed by atoms with E-state index in [0.717, 1.165) is 6.54 Å². The summed E-state index contributed by atoms with van der Waals surface area (Å²) in [5, 5.41) is 4.21. The Balaban J connectivity index is 2.97. The molecule has 0 radical (unpaired) electrons. The van der Waals surface area contributed by atoms with Gasteiger partial charge in [0.05, 0.1) is 19.9 Å². The number of carbonyl (C=O) groups excluding carboxylic acids is 1. The molecule has 0 N–H and O–H groups in total. The molecule has 17 heavy (non-hydrogen) atoms. The van der Waals surface area contributed by atoms with Crippen molar-refractivity contribution in [1.29, 1.82) is 0 Å². The Bertz CT molecular complexity index is 383. The van der Waals surface area contributed by atoms with E-state index in [4.69, 9.17) is 4.74 Å². The van der Waals surface area contributed by atoms with Gasteiger partial charge < -0.3 is 9.64 Å². The van der Waals surface area contributed by atoms with Gasteiger partial charge in [-0.15, -0.1) is 0 Å². The molecule has 0 atom stereocenters. The van der Waals surface area contributed by atoms with E-state index in [0.29, 0.717) is 18.0 Å². The van der Waals surface area contributed by atoms with E-state index in [1.807, 2.05) is 27.9 Å². The monoisotopic (exact) mass is 239 g/mol. The molecule has 0 spiro atoms. The molecule has 0 amide bonds. The van der Waals surface area contributed by atoms with E-state index in [-0.39, 0.29) is 11.7 Å². The molecule has 96 valence electrons. The van der Waals surface area contributed by atoms with E-state index >= 15 is 0 Å². The van der Waals surface area contributed by atoms with Gasteiger partial charge in [0.15, 0.2) is 11.5 Å². The number of methoxy groups -OCH3 is 1. The number of nitrogens with zero attached hydrogens (tertiary/aromatic N) is 3. The summed E-state index contributed by atoms with van der Waals surface area (Å²) in [4.78, 5) is 14.1. The van der Waals surface area contributed by atoms with Crippen molar-refractivity contribution in [2.45, 2.75) is 20.4 Å². The maximum absolute atomic E-state index is 12.1. The molecule has 0 aliphatic heterocycles. The van der Waals surface area contributed by atoms with Crippen LogP contribution < -0.4 is 4.74 Å². The zero-order valence-corrected chi connectivity index (χ0v) is 11.2. The van der Waals surface area contributed by atoms with Crippen LogP contribution in [0.3, 0.4) is 0 Å². The Morgan fingerprint density at radius 1 is 1.53 bits per heavy atom. The molecule has 0 fully saturated rings. The second-order valence-electron chi connectivity index (χ2n) is 4.61. The first-order valence-electron chi connectivity index (χ1n) is 5.76. The van der Waals surface area contributed by atoms with Crippen molar-refractivity contribution < 1.29 is 9.53 Å². The molecular weight excluding hydrogens is 218 g/mol. The molecule has 1 aromatic rings. The summed E-state index contributed by atoms with van der Waals surface area (Å²) in [6, 6.07) is 0. The van der Waals surface area contributed by atoms with Gasteiger partial charge in [0.1, 0.15) is 5.69 Å². The van der Waals surface area contributed by atoms with Gasteiger partial charge in [-0.3, -0.25) is 9.48 Å². The topological polar surface area (TPSA) is 47.4 Å². The van der Waals surface area contributed by atoms with Crippen LogP contribution in [-0.2, 0) is 6.54 Å². The van der Waals surface area contributed by atoms with Crippen molar-refractivity contribution in [2.24, 2.45) is 5.92 Å². The molecule has 1 aromatic heterocycles. The quantitative estimate of drug-likeness (QED) is 0.702. The van der Waals surface area contributed by atoms with E-state index in [1.54, 1.807) is 18.0 Å². The minimum absolute atomic E-state index is 0.0568. The van der Waals surface area contributed by atoms with Gasteiger partial charge in [0.25, 0.3) is 0 Å².